The van der Waals surface area contributed by atoms with Gasteiger partial charge in [-0.2, -0.15) is 10.2 Å². The zero-order valence-corrected chi connectivity index (χ0v) is 14.9. The molecule has 1 aliphatic heterocycles. The molecule has 1 unspecified atom stereocenters. The molecule has 0 N–H and O–H groups in total. The first kappa shape index (κ1) is 17.0. The smallest absolute Gasteiger partial charge is 0.247 e. The van der Waals surface area contributed by atoms with E-state index < -0.39 is 0 Å². The number of carbonyl (C=O) groups is 1. The predicted octanol–water partition coefficient (Wildman–Crippen LogP) is 1.66. The molecule has 0 spiro atoms. The maximum atomic E-state index is 12.6. The van der Waals surface area contributed by atoms with Crippen molar-refractivity contribution in [2.24, 2.45) is 0 Å². The lowest BCUT2D eigenvalue weighted by molar-refractivity contribution is -0.136. The van der Waals surface area contributed by atoms with E-state index in [1.54, 1.807) is 17.1 Å². The van der Waals surface area contributed by atoms with Gasteiger partial charge in [0.1, 0.15) is 6.04 Å². The van der Waals surface area contributed by atoms with E-state index in [-0.39, 0.29) is 11.9 Å². The van der Waals surface area contributed by atoms with Gasteiger partial charge in [0, 0.05) is 57.2 Å². The second-order valence-electron chi connectivity index (χ2n) is 6.12. The van der Waals surface area contributed by atoms with Crippen LogP contribution in [0.25, 0.3) is 0 Å². The van der Waals surface area contributed by atoms with Crippen molar-refractivity contribution < 1.29 is 4.79 Å². The number of amides is 1. The minimum Gasteiger partial charge on any atom is -0.338 e. The van der Waals surface area contributed by atoms with Crippen LogP contribution in [0, 0.1) is 0 Å². The maximum Gasteiger partial charge on any atom is 0.247 e. The molecule has 1 atom stereocenters. The molecule has 0 radical (unpaired) electrons. The van der Waals surface area contributed by atoms with Gasteiger partial charge in [-0.1, -0.05) is 11.6 Å². The Balaban J connectivity index is 1.51. The van der Waals surface area contributed by atoms with Crippen molar-refractivity contribution in [1.29, 1.82) is 0 Å². The van der Waals surface area contributed by atoms with Crippen LogP contribution < -0.4 is 0 Å². The first-order valence-electron chi connectivity index (χ1n) is 8.29. The average molecular weight is 351 g/mol. The lowest BCUT2D eigenvalue weighted by Crippen LogP contribution is -2.49. The van der Waals surface area contributed by atoms with Crippen molar-refractivity contribution in [3.8, 4) is 0 Å². The number of rotatable bonds is 5. The first-order valence-corrected chi connectivity index (χ1v) is 8.66. The van der Waals surface area contributed by atoms with E-state index in [2.05, 4.69) is 28.2 Å². The fourth-order valence-electron chi connectivity index (χ4n) is 2.95. The highest BCUT2D eigenvalue weighted by Crippen LogP contribution is 2.15. The molecule has 2 aromatic rings. The van der Waals surface area contributed by atoms with Gasteiger partial charge < -0.3 is 4.90 Å². The van der Waals surface area contributed by atoms with Crippen LogP contribution in [-0.4, -0.2) is 61.4 Å². The van der Waals surface area contributed by atoms with Crippen molar-refractivity contribution in [3.05, 3.63) is 35.4 Å². The largest absolute Gasteiger partial charge is 0.338 e. The molecule has 8 heteroatoms. The lowest BCUT2D eigenvalue weighted by atomic mass is 10.2. The zero-order valence-electron chi connectivity index (χ0n) is 14.1. The number of aryl methyl sites for hydroxylation is 1. The van der Waals surface area contributed by atoms with Crippen LogP contribution in [-0.2, 0) is 17.9 Å². The highest BCUT2D eigenvalue weighted by atomic mass is 35.5. The van der Waals surface area contributed by atoms with Crippen molar-refractivity contribution in [3.63, 3.8) is 0 Å². The number of nitrogens with zero attached hydrogens (tertiary/aromatic N) is 6. The van der Waals surface area contributed by atoms with E-state index in [1.165, 1.54) is 5.56 Å². The molecule has 2 aromatic heterocycles. The third kappa shape index (κ3) is 3.79. The summed E-state index contributed by atoms with van der Waals surface area (Å²) in [5.41, 5.74) is 1.22. The molecule has 7 nitrogen and oxygen atoms in total. The van der Waals surface area contributed by atoms with Gasteiger partial charge in [-0.25, -0.2) is 0 Å². The van der Waals surface area contributed by atoms with Crippen LogP contribution in [0.2, 0.25) is 5.02 Å². The Hall–Kier alpha value is -1.86. The third-order valence-electron chi connectivity index (χ3n) is 4.43. The fraction of sp³-hybridized carbons (Fsp3) is 0.562. The summed E-state index contributed by atoms with van der Waals surface area (Å²) in [6, 6.07) is -0.327. The van der Waals surface area contributed by atoms with Crippen molar-refractivity contribution >= 4 is 17.5 Å². The summed E-state index contributed by atoms with van der Waals surface area (Å²) in [7, 11) is 0. The highest BCUT2D eigenvalue weighted by molar-refractivity contribution is 6.30. The van der Waals surface area contributed by atoms with Crippen molar-refractivity contribution in [1.82, 2.24) is 29.4 Å². The second kappa shape index (κ2) is 7.36. The molecule has 24 heavy (non-hydrogen) atoms. The van der Waals surface area contributed by atoms with E-state index >= 15 is 0 Å². The fourth-order valence-corrected chi connectivity index (χ4v) is 3.09. The molecule has 0 saturated carbocycles. The Labute approximate surface area is 146 Å². The molecule has 3 heterocycles. The molecule has 0 aliphatic carbocycles. The van der Waals surface area contributed by atoms with Crippen LogP contribution in [0.5, 0.6) is 0 Å². The summed E-state index contributed by atoms with van der Waals surface area (Å²) in [4.78, 5) is 16.9. The van der Waals surface area contributed by atoms with E-state index in [9.17, 15) is 4.79 Å². The van der Waals surface area contributed by atoms with Gasteiger partial charge in [-0.3, -0.25) is 19.1 Å². The normalized spacial score (nSPS) is 17.2. The monoisotopic (exact) mass is 350 g/mol. The minimum absolute atomic E-state index is 0.0909. The maximum absolute atomic E-state index is 12.6. The molecule has 1 saturated heterocycles. The van der Waals surface area contributed by atoms with E-state index in [4.69, 9.17) is 11.6 Å². The number of hydrogen-bond donors (Lipinski definition) is 0. The van der Waals surface area contributed by atoms with Gasteiger partial charge in [-0.05, 0) is 13.8 Å². The zero-order chi connectivity index (χ0) is 17.1. The second-order valence-corrected chi connectivity index (χ2v) is 6.56. The van der Waals surface area contributed by atoms with Crippen LogP contribution in [0.4, 0.5) is 0 Å². The number of hydrogen-bond acceptors (Lipinski definition) is 4. The van der Waals surface area contributed by atoms with Gasteiger partial charge >= 0.3 is 0 Å². The Morgan fingerprint density at radius 2 is 1.96 bits per heavy atom. The summed E-state index contributed by atoms with van der Waals surface area (Å²) in [5.74, 6) is 0.0909. The molecule has 1 fully saturated rings. The summed E-state index contributed by atoms with van der Waals surface area (Å²) >= 11 is 5.88. The molecular weight excluding hydrogens is 328 g/mol. The van der Waals surface area contributed by atoms with Gasteiger partial charge in [0.05, 0.1) is 17.4 Å². The topological polar surface area (TPSA) is 59.2 Å². The van der Waals surface area contributed by atoms with Gasteiger partial charge in [0.2, 0.25) is 5.91 Å². The summed E-state index contributed by atoms with van der Waals surface area (Å²) in [6.45, 7) is 8.92. The Bertz CT molecular complexity index is 688. The van der Waals surface area contributed by atoms with Gasteiger partial charge in [0.25, 0.3) is 0 Å². The molecule has 1 amide bonds. The predicted molar refractivity (Wildman–Crippen MR) is 91.7 cm³/mol. The summed E-state index contributed by atoms with van der Waals surface area (Å²) in [6.07, 6.45) is 7.25. The minimum atomic E-state index is -0.327. The quantitative estimate of drug-likeness (QED) is 0.823. The van der Waals surface area contributed by atoms with Gasteiger partial charge in [0.15, 0.2) is 0 Å². The van der Waals surface area contributed by atoms with E-state index in [0.29, 0.717) is 5.02 Å². The number of piperazine rings is 1. The van der Waals surface area contributed by atoms with Crippen LogP contribution in [0.1, 0.15) is 25.5 Å². The van der Waals surface area contributed by atoms with Crippen LogP contribution in [0.15, 0.2) is 24.8 Å². The molecule has 1 aliphatic rings. The highest BCUT2D eigenvalue weighted by Gasteiger charge is 2.26. The third-order valence-corrected chi connectivity index (χ3v) is 4.62. The summed E-state index contributed by atoms with van der Waals surface area (Å²) < 4.78 is 3.56. The number of aromatic nitrogens is 4. The van der Waals surface area contributed by atoms with Crippen LogP contribution >= 0.6 is 11.6 Å². The van der Waals surface area contributed by atoms with E-state index in [1.807, 2.05) is 22.7 Å². The Morgan fingerprint density at radius 1 is 1.21 bits per heavy atom. The van der Waals surface area contributed by atoms with Gasteiger partial charge in [-0.15, -0.1) is 0 Å². The summed E-state index contributed by atoms with van der Waals surface area (Å²) in [5, 5.41) is 8.99. The molecule has 130 valence electrons. The van der Waals surface area contributed by atoms with Crippen molar-refractivity contribution in [2.45, 2.75) is 33.0 Å². The number of carbonyl (C=O) groups excluding carboxylic acids is 1. The standard InChI is InChI=1S/C16H23ClN6O/c1-3-22-11-14(8-18-22)10-20-4-6-21(7-5-20)16(24)13(2)23-12-15(17)9-19-23/h8-9,11-13H,3-7,10H2,1-2H3. The average Bonchev–Trinajstić information content (AvgIpc) is 3.23. The molecule has 3 rings (SSSR count). The van der Waals surface area contributed by atoms with Crippen molar-refractivity contribution in [2.75, 3.05) is 26.2 Å². The Morgan fingerprint density at radius 3 is 2.54 bits per heavy atom. The Kier molecular flexibility index (Phi) is 5.20. The SMILES string of the molecule is CCn1cc(CN2CCN(C(=O)C(C)n3cc(Cl)cn3)CC2)cn1. The molecular formula is C16H23ClN6O. The molecule has 0 bridgehead atoms. The number of halogens is 1. The lowest BCUT2D eigenvalue weighted by Gasteiger charge is -2.35. The van der Waals surface area contributed by atoms with E-state index in [0.717, 1.165) is 39.3 Å². The molecule has 0 aromatic carbocycles. The van der Waals surface area contributed by atoms with Crippen LogP contribution in [0.3, 0.4) is 0 Å². The first-order chi connectivity index (χ1) is 11.6.